The van der Waals surface area contributed by atoms with Crippen molar-refractivity contribution in [2.45, 2.75) is 13.8 Å². The zero-order valence-electron chi connectivity index (χ0n) is 6.91. The number of nitrogens with two attached hydrogens (primary N) is 2. The third-order valence-corrected chi connectivity index (χ3v) is 3.98. The Hall–Kier alpha value is -0.220. The molecule has 0 aliphatic rings. The van der Waals surface area contributed by atoms with Gasteiger partial charge in [-0.1, -0.05) is 0 Å². The average Bonchev–Trinajstić information content (AvgIpc) is 2.08. The highest BCUT2D eigenvalue weighted by atomic mass is 79.9. The number of rotatable bonds is 0. The first-order valence-electron chi connectivity index (χ1n) is 3.46. The lowest BCUT2D eigenvalue weighted by Gasteiger charge is -2.12. The van der Waals surface area contributed by atoms with Gasteiger partial charge < -0.3 is 11.5 Å². The highest BCUT2D eigenvalue weighted by Crippen LogP contribution is 2.38. The molecule has 0 unspecified atom stereocenters. The normalized spacial score (nSPS) is 10.3. The fourth-order valence-electron chi connectivity index (χ4n) is 1.02. The Bertz CT molecular complexity index is 229. The zero-order chi connectivity index (χ0) is 9.46. The number of halogens is 2. The molecule has 1 rings (SSSR count). The third kappa shape index (κ3) is 1.33. The van der Waals surface area contributed by atoms with Gasteiger partial charge in [-0.15, -0.1) is 0 Å². The monoisotopic (exact) mass is 292 g/mol. The minimum absolute atomic E-state index is 0.708. The third-order valence-electron chi connectivity index (χ3n) is 1.94. The quantitative estimate of drug-likeness (QED) is 0.723. The first-order valence-corrected chi connectivity index (χ1v) is 5.04. The molecule has 12 heavy (non-hydrogen) atoms. The van der Waals surface area contributed by atoms with E-state index in [2.05, 4.69) is 31.9 Å². The topological polar surface area (TPSA) is 52.0 Å². The molecule has 0 saturated carbocycles. The standard InChI is InChI=1S/C8H10Br2N2/c1-3-5(9)8(12)6(10)4(2)7(3)11/h11-12H2,1-2H3. The number of nitrogen functional groups attached to an aromatic ring is 2. The van der Waals surface area contributed by atoms with E-state index in [4.69, 9.17) is 11.5 Å². The lowest BCUT2D eigenvalue weighted by molar-refractivity contribution is 1.34. The molecule has 0 aromatic heterocycles. The Morgan fingerprint density at radius 3 is 1.50 bits per heavy atom. The Morgan fingerprint density at radius 1 is 0.833 bits per heavy atom. The maximum absolute atomic E-state index is 5.84. The first-order chi connectivity index (χ1) is 5.46. The number of anilines is 2. The Morgan fingerprint density at radius 2 is 1.17 bits per heavy atom. The molecule has 0 aliphatic carbocycles. The van der Waals surface area contributed by atoms with Crippen molar-refractivity contribution < 1.29 is 0 Å². The van der Waals surface area contributed by atoms with E-state index in [0.717, 1.165) is 25.8 Å². The van der Waals surface area contributed by atoms with Crippen LogP contribution in [0.25, 0.3) is 0 Å². The van der Waals surface area contributed by atoms with Crippen molar-refractivity contribution >= 4 is 43.2 Å². The van der Waals surface area contributed by atoms with Crippen molar-refractivity contribution in [2.75, 3.05) is 11.5 Å². The zero-order valence-corrected chi connectivity index (χ0v) is 10.1. The van der Waals surface area contributed by atoms with Crippen LogP contribution in [0.5, 0.6) is 0 Å². The number of hydrogen-bond acceptors (Lipinski definition) is 2. The summed E-state index contributed by atoms with van der Waals surface area (Å²) in [5.41, 5.74) is 15.1. The lowest BCUT2D eigenvalue weighted by Crippen LogP contribution is -2.00. The van der Waals surface area contributed by atoms with Crippen LogP contribution in [0.2, 0.25) is 0 Å². The van der Waals surface area contributed by atoms with Gasteiger partial charge >= 0.3 is 0 Å². The summed E-state index contributed by atoms with van der Waals surface area (Å²) in [6.07, 6.45) is 0. The van der Waals surface area contributed by atoms with Crippen molar-refractivity contribution in [1.82, 2.24) is 0 Å². The number of hydrogen-bond donors (Lipinski definition) is 2. The molecule has 1 aromatic rings. The molecule has 0 bridgehead atoms. The average molecular weight is 294 g/mol. The molecule has 0 radical (unpaired) electrons. The second kappa shape index (κ2) is 3.26. The van der Waals surface area contributed by atoms with Gasteiger partial charge in [0, 0.05) is 14.6 Å². The summed E-state index contributed by atoms with van der Waals surface area (Å²) in [5, 5.41) is 0. The molecule has 4 N–H and O–H groups in total. The van der Waals surface area contributed by atoms with Crippen LogP contribution in [0, 0.1) is 13.8 Å². The number of benzene rings is 1. The Kier molecular flexibility index (Phi) is 2.68. The van der Waals surface area contributed by atoms with Crippen molar-refractivity contribution in [2.24, 2.45) is 0 Å². The molecule has 0 amide bonds. The van der Waals surface area contributed by atoms with Crippen molar-refractivity contribution in [1.29, 1.82) is 0 Å². The summed E-state index contributed by atoms with van der Waals surface area (Å²) in [6, 6.07) is 0. The fraction of sp³-hybridized carbons (Fsp3) is 0.250. The van der Waals surface area contributed by atoms with Crippen LogP contribution in [0.3, 0.4) is 0 Å². The Balaban J connectivity index is 3.60. The molecule has 0 heterocycles. The first kappa shape index (κ1) is 9.86. The molecule has 0 spiro atoms. The summed E-state index contributed by atoms with van der Waals surface area (Å²) in [6.45, 7) is 3.88. The second-order valence-corrected chi connectivity index (χ2v) is 4.29. The molecule has 0 saturated heterocycles. The van der Waals surface area contributed by atoms with Crippen molar-refractivity contribution in [3.8, 4) is 0 Å². The van der Waals surface area contributed by atoms with Gasteiger partial charge in [-0.25, -0.2) is 0 Å². The van der Waals surface area contributed by atoms with Gasteiger partial charge in [0.05, 0.1) is 5.69 Å². The largest absolute Gasteiger partial charge is 0.398 e. The molecular formula is C8H10Br2N2. The van der Waals surface area contributed by atoms with Gasteiger partial charge in [-0.2, -0.15) is 0 Å². The lowest BCUT2D eigenvalue weighted by atomic mass is 10.1. The predicted molar refractivity (Wildman–Crippen MR) is 60.1 cm³/mol. The van der Waals surface area contributed by atoms with E-state index in [0.29, 0.717) is 5.69 Å². The summed E-state index contributed by atoms with van der Waals surface area (Å²) >= 11 is 6.76. The summed E-state index contributed by atoms with van der Waals surface area (Å²) in [4.78, 5) is 0. The molecule has 1 aromatic carbocycles. The van der Waals surface area contributed by atoms with E-state index in [9.17, 15) is 0 Å². The Labute approximate surface area is 88.6 Å². The van der Waals surface area contributed by atoms with Gasteiger partial charge in [0.25, 0.3) is 0 Å². The predicted octanol–water partition coefficient (Wildman–Crippen LogP) is 2.99. The smallest absolute Gasteiger partial charge is 0.0609 e. The highest BCUT2D eigenvalue weighted by Gasteiger charge is 2.11. The fourth-order valence-corrected chi connectivity index (χ4v) is 2.11. The van der Waals surface area contributed by atoms with E-state index >= 15 is 0 Å². The van der Waals surface area contributed by atoms with E-state index in [1.807, 2.05) is 13.8 Å². The van der Waals surface area contributed by atoms with Gasteiger partial charge in [0.1, 0.15) is 0 Å². The van der Waals surface area contributed by atoms with Crippen molar-refractivity contribution in [3.05, 3.63) is 20.1 Å². The van der Waals surface area contributed by atoms with Crippen LogP contribution in [-0.4, -0.2) is 0 Å². The minimum Gasteiger partial charge on any atom is -0.398 e. The van der Waals surface area contributed by atoms with Gasteiger partial charge in [-0.3, -0.25) is 0 Å². The second-order valence-electron chi connectivity index (χ2n) is 2.71. The molecular weight excluding hydrogens is 284 g/mol. The van der Waals surface area contributed by atoms with Crippen LogP contribution < -0.4 is 11.5 Å². The summed E-state index contributed by atoms with van der Waals surface area (Å²) < 4.78 is 1.75. The van der Waals surface area contributed by atoms with Gasteiger partial charge in [0.2, 0.25) is 0 Å². The molecule has 0 aliphatic heterocycles. The SMILES string of the molecule is Cc1c(N)c(C)c(Br)c(N)c1Br. The maximum Gasteiger partial charge on any atom is 0.0609 e. The molecule has 4 heteroatoms. The van der Waals surface area contributed by atoms with E-state index in [-0.39, 0.29) is 0 Å². The van der Waals surface area contributed by atoms with E-state index < -0.39 is 0 Å². The maximum atomic E-state index is 5.84. The molecule has 2 nitrogen and oxygen atoms in total. The van der Waals surface area contributed by atoms with E-state index in [1.165, 1.54) is 0 Å². The van der Waals surface area contributed by atoms with Crippen LogP contribution in [0.4, 0.5) is 11.4 Å². The highest BCUT2D eigenvalue weighted by molar-refractivity contribution is 9.11. The minimum atomic E-state index is 0.708. The molecule has 0 fully saturated rings. The molecule has 66 valence electrons. The van der Waals surface area contributed by atoms with Crippen LogP contribution >= 0.6 is 31.9 Å². The molecule has 0 atom stereocenters. The van der Waals surface area contributed by atoms with Gasteiger partial charge in [-0.05, 0) is 56.8 Å². The van der Waals surface area contributed by atoms with Crippen LogP contribution in [-0.2, 0) is 0 Å². The van der Waals surface area contributed by atoms with Crippen LogP contribution in [0.1, 0.15) is 11.1 Å². The van der Waals surface area contributed by atoms with Crippen LogP contribution in [0.15, 0.2) is 8.95 Å². The summed E-state index contributed by atoms with van der Waals surface area (Å²) in [5.74, 6) is 0. The van der Waals surface area contributed by atoms with Crippen molar-refractivity contribution in [3.63, 3.8) is 0 Å². The summed E-state index contributed by atoms with van der Waals surface area (Å²) in [7, 11) is 0. The van der Waals surface area contributed by atoms with Gasteiger partial charge in [0.15, 0.2) is 0 Å². The van der Waals surface area contributed by atoms with E-state index in [1.54, 1.807) is 0 Å².